The molecule has 0 N–H and O–H groups in total. The number of hydrogen-bond acceptors (Lipinski definition) is 6. The zero-order valence-corrected chi connectivity index (χ0v) is 19.5. The minimum absolute atomic E-state index is 0.148. The number of methoxy groups -OCH3 is 2. The van der Waals surface area contributed by atoms with E-state index in [1.54, 1.807) is 30.0 Å². The van der Waals surface area contributed by atoms with E-state index in [1.165, 1.54) is 32.4 Å². The largest absolute Gasteiger partial charge is 0.493 e. The fourth-order valence-electron chi connectivity index (χ4n) is 3.86. The average molecular weight is 466 g/mol. The maximum absolute atomic E-state index is 14.1. The maximum atomic E-state index is 14.1. The molecular formula is C22H28FN3O5S. The van der Waals surface area contributed by atoms with Crippen molar-refractivity contribution in [3.63, 3.8) is 0 Å². The van der Waals surface area contributed by atoms with Crippen LogP contribution in [0.25, 0.3) is 0 Å². The molecule has 0 bridgehead atoms. The number of ether oxygens (including phenoxy) is 2. The fraction of sp³-hybridized carbons (Fsp3) is 0.409. The van der Waals surface area contributed by atoms with Crippen molar-refractivity contribution in [3.05, 3.63) is 47.8 Å². The second-order valence-corrected chi connectivity index (χ2v) is 9.29. The minimum Gasteiger partial charge on any atom is -0.493 e. The van der Waals surface area contributed by atoms with Crippen molar-refractivity contribution in [1.82, 2.24) is 4.90 Å². The maximum Gasteiger partial charge on any atom is 0.256 e. The highest BCUT2D eigenvalue weighted by Crippen LogP contribution is 2.37. The molecule has 0 spiro atoms. The Bertz CT molecular complexity index is 1080. The molecular weight excluding hydrogens is 437 g/mol. The quantitative estimate of drug-likeness (QED) is 0.626. The summed E-state index contributed by atoms with van der Waals surface area (Å²) in [5.41, 5.74) is 0.934. The van der Waals surface area contributed by atoms with E-state index in [9.17, 15) is 17.6 Å². The highest BCUT2D eigenvalue weighted by molar-refractivity contribution is 7.92. The van der Waals surface area contributed by atoms with Gasteiger partial charge in [-0.2, -0.15) is 0 Å². The van der Waals surface area contributed by atoms with Gasteiger partial charge in [0.15, 0.2) is 11.5 Å². The molecule has 1 heterocycles. The lowest BCUT2D eigenvalue weighted by molar-refractivity contribution is 0.0747. The number of anilines is 2. The molecule has 10 heteroatoms. The van der Waals surface area contributed by atoms with E-state index in [0.29, 0.717) is 43.4 Å². The zero-order valence-electron chi connectivity index (χ0n) is 18.7. The van der Waals surface area contributed by atoms with E-state index in [-0.39, 0.29) is 29.5 Å². The lowest BCUT2D eigenvalue weighted by Gasteiger charge is -2.37. The third-order valence-electron chi connectivity index (χ3n) is 5.45. The van der Waals surface area contributed by atoms with Crippen molar-refractivity contribution in [2.24, 2.45) is 0 Å². The number of amides is 1. The lowest BCUT2D eigenvalue weighted by atomic mass is 10.1. The summed E-state index contributed by atoms with van der Waals surface area (Å²) < 4.78 is 50.7. The standard InChI is InChI=1S/C22H28FN3O5S/c1-5-26(32(4,28)29)19-15-21(31-3)20(30-2)14-16(19)22(27)25-12-10-24(11-13-25)18-9-7-6-8-17(18)23/h6-9,14-15H,5,10-13H2,1-4H3. The Kier molecular flexibility index (Phi) is 7.12. The molecule has 32 heavy (non-hydrogen) atoms. The number of benzene rings is 2. The van der Waals surface area contributed by atoms with E-state index in [4.69, 9.17) is 9.47 Å². The van der Waals surface area contributed by atoms with Crippen LogP contribution in [0.4, 0.5) is 15.8 Å². The number of rotatable bonds is 7. The van der Waals surface area contributed by atoms with Gasteiger partial charge in [0, 0.05) is 38.8 Å². The van der Waals surface area contributed by atoms with Gasteiger partial charge >= 0.3 is 0 Å². The van der Waals surface area contributed by atoms with Crippen molar-refractivity contribution in [3.8, 4) is 11.5 Å². The predicted octanol–water partition coefficient (Wildman–Crippen LogP) is 2.59. The number of sulfonamides is 1. The van der Waals surface area contributed by atoms with Gasteiger partial charge in [0.25, 0.3) is 5.91 Å². The summed E-state index contributed by atoms with van der Waals surface area (Å²) in [6, 6.07) is 9.55. The Morgan fingerprint density at radius 2 is 1.66 bits per heavy atom. The molecule has 1 fully saturated rings. The molecule has 0 atom stereocenters. The first-order chi connectivity index (χ1) is 15.2. The van der Waals surface area contributed by atoms with Gasteiger partial charge in [-0.25, -0.2) is 12.8 Å². The van der Waals surface area contributed by atoms with E-state index < -0.39 is 10.0 Å². The third kappa shape index (κ3) is 4.74. The van der Waals surface area contributed by atoms with Crippen molar-refractivity contribution >= 4 is 27.3 Å². The molecule has 2 aromatic rings. The smallest absolute Gasteiger partial charge is 0.256 e. The van der Waals surface area contributed by atoms with E-state index in [1.807, 2.05) is 4.90 Å². The number of hydrogen-bond donors (Lipinski definition) is 0. The molecule has 0 aliphatic carbocycles. The summed E-state index contributed by atoms with van der Waals surface area (Å²) in [4.78, 5) is 17.0. The van der Waals surface area contributed by atoms with Crippen LogP contribution < -0.4 is 18.7 Å². The Labute approximate surface area is 188 Å². The molecule has 0 radical (unpaired) electrons. The van der Waals surface area contributed by atoms with E-state index in [2.05, 4.69) is 0 Å². The SMILES string of the molecule is CCN(c1cc(OC)c(OC)cc1C(=O)N1CCN(c2ccccc2F)CC1)S(C)(=O)=O. The van der Waals surface area contributed by atoms with Gasteiger partial charge in [0.2, 0.25) is 10.0 Å². The molecule has 2 aromatic carbocycles. The molecule has 1 saturated heterocycles. The van der Waals surface area contributed by atoms with Gasteiger partial charge in [0.05, 0.1) is 37.4 Å². The molecule has 1 aliphatic heterocycles. The molecule has 174 valence electrons. The van der Waals surface area contributed by atoms with Crippen molar-refractivity contribution < 1.29 is 27.1 Å². The van der Waals surface area contributed by atoms with Gasteiger partial charge in [-0.05, 0) is 25.1 Å². The van der Waals surface area contributed by atoms with Crippen LogP contribution in [-0.2, 0) is 10.0 Å². The topological polar surface area (TPSA) is 79.4 Å². The second kappa shape index (κ2) is 9.64. The lowest BCUT2D eigenvalue weighted by Crippen LogP contribution is -2.49. The molecule has 0 aromatic heterocycles. The first-order valence-electron chi connectivity index (χ1n) is 10.2. The Morgan fingerprint density at radius 3 is 2.19 bits per heavy atom. The number of piperazine rings is 1. The summed E-state index contributed by atoms with van der Waals surface area (Å²) >= 11 is 0. The first kappa shape index (κ1) is 23.6. The second-order valence-electron chi connectivity index (χ2n) is 7.38. The van der Waals surface area contributed by atoms with Gasteiger partial charge in [-0.15, -0.1) is 0 Å². The Balaban J connectivity index is 1.93. The highest BCUT2D eigenvalue weighted by atomic mass is 32.2. The van der Waals surface area contributed by atoms with Crippen LogP contribution in [0.1, 0.15) is 17.3 Å². The fourth-order valence-corrected chi connectivity index (χ4v) is 4.84. The third-order valence-corrected chi connectivity index (χ3v) is 6.70. The van der Waals surface area contributed by atoms with Crippen LogP contribution in [0.2, 0.25) is 0 Å². The number of carbonyl (C=O) groups excluding carboxylic acids is 1. The molecule has 1 amide bonds. The average Bonchev–Trinajstić information content (AvgIpc) is 2.78. The number of para-hydroxylation sites is 1. The van der Waals surface area contributed by atoms with Crippen LogP contribution in [-0.4, -0.2) is 72.4 Å². The van der Waals surface area contributed by atoms with E-state index >= 15 is 0 Å². The summed E-state index contributed by atoms with van der Waals surface area (Å²) in [6.07, 6.45) is 1.09. The molecule has 8 nitrogen and oxygen atoms in total. The highest BCUT2D eigenvalue weighted by Gasteiger charge is 2.30. The van der Waals surface area contributed by atoms with Crippen LogP contribution in [0.3, 0.4) is 0 Å². The zero-order chi connectivity index (χ0) is 23.5. The predicted molar refractivity (Wildman–Crippen MR) is 122 cm³/mol. The van der Waals surface area contributed by atoms with Crippen LogP contribution in [0.15, 0.2) is 36.4 Å². The normalized spacial score (nSPS) is 14.3. The van der Waals surface area contributed by atoms with E-state index in [0.717, 1.165) is 10.6 Å². The summed E-state index contributed by atoms with van der Waals surface area (Å²) in [5.74, 6) is 0.0251. The Morgan fingerprint density at radius 1 is 1.06 bits per heavy atom. The van der Waals surface area contributed by atoms with Crippen LogP contribution >= 0.6 is 0 Å². The summed E-state index contributed by atoms with van der Waals surface area (Å²) in [6.45, 7) is 3.49. The van der Waals surface area contributed by atoms with Crippen molar-refractivity contribution in [2.75, 3.05) is 62.4 Å². The van der Waals surface area contributed by atoms with Gasteiger partial charge in [-0.1, -0.05) is 12.1 Å². The van der Waals surface area contributed by atoms with Gasteiger partial charge in [0.1, 0.15) is 5.82 Å². The van der Waals surface area contributed by atoms with Gasteiger partial charge < -0.3 is 19.3 Å². The van der Waals surface area contributed by atoms with Crippen LogP contribution in [0.5, 0.6) is 11.5 Å². The van der Waals surface area contributed by atoms with Crippen molar-refractivity contribution in [1.29, 1.82) is 0 Å². The molecule has 0 unspecified atom stereocenters. The van der Waals surface area contributed by atoms with Crippen LogP contribution in [0, 0.1) is 5.82 Å². The number of carbonyl (C=O) groups is 1. The van der Waals surface area contributed by atoms with Crippen molar-refractivity contribution in [2.45, 2.75) is 6.92 Å². The molecule has 3 rings (SSSR count). The first-order valence-corrected chi connectivity index (χ1v) is 12.1. The monoisotopic (exact) mass is 465 g/mol. The summed E-state index contributed by atoms with van der Waals surface area (Å²) in [7, 11) is -0.735. The molecule has 0 saturated carbocycles. The number of halogens is 1. The molecule has 1 aliphatic rings. The van der Waals surface area contributed by atoms with Gasteiger partial charge in [-0.3, -0.25) is 9.10 Å². The summed E-state index contributed by atoms with van der Waals surface area (Å²) in [5, 5.41) is 0. The number of nitrogens with zero attached hydrogens (tertiary/aromatic N) is 3. The minimum atomic E-state index is -3.63. The Hall–Kier alpha value is -3.01.